The molecule has 0 fully saturated rings. The number of anilines is 1. The Morgan fingerprint density at radius 1 is 1.04 bits per heavy atom. The molecule has 4 aromatic rings. The summed E-state index contributed by atoms with van der Waals surface area (Å²) in [6, 6.07) is 16.2. The second-order valence-electron chi connectivity index (χ2n) is 5.97. The average molecular weight is 400 g/mol. The van der Waals surface area contributed by atoms with Crippen LogP contribution in [0.1, 0.15) is 0 Å². The number of hydrogen-bond acceptors (Lipinski definition) is 6. The molecular formula is C18H14ClN5O2S. The van der Waals surface area contributed by atoms with Crippen molar-refractivity contribution >= 4 is 38.3 Å². The number of para-hydroxylation sites is 1. The maximum absolute atomic E-state index is 12.1. The number of rotatable bonds is 3. The summed E-state index contributed by atoms with van der Waals surface area (Å²) in [5.74, 6) is 0.311. The molecule has 27 heavy (non-hydrogen) atoms. The highest BCUT2D eigenvalue weighted by Gasteiger charge is 2.22. The molecule has 4 rings (SSSR count). The number of sulfone groups is 1. The van der Waals surface area contributed by atoms with Crippen LogP contribution < -0.4 is 5.73 Å². The molecule has 2 aromatic heterocycles. The summed E-state index contributed by atoms with van der Waals surface area (Å²) in [5, 5.41) is 5.05. The van der Waals surface area contributed by atoms with Crippen molar-refractivity contribution < 1.29 is 8.42 Å². The number of hydrogen-bond donors (Lipinski definition) is 1. The lowest BCUT2D eigenvalue weighted by molar-refractivity contribution is 0.593. The number of nitrogens with two attached hydrogens (primary N) is 1. The predicted octanol–water partition coefficient (Wildman–Crippen LogP) is 3.12. The van der Waals surface area contributed by atoms with Gasteiger partial charge in [-0.05, 0) is 24.3 Å². The summed E-state index contributed by atoms with van der Waals surface area (Å²) in [7, 11) is -3.65. The first kappa shape index (κ1) is 17.4. The zero-order valence-electron chi connectivity index (χ0n) is 14.2. The van der Waals surface area contributed by atoms with Crippen LogP contribution in [0.3, 0.4) is 0 Å². The van der Waals surface area contributed by atoms with Crippen molar-refractivity contribution in [2.24, 2.45) is 0 Å². The summed E-state index contributed by atoms with van der Waals surface area (Å²) in [6.07, 6.45) is 1.05. The van der Waals surface area contributed by atoms with Crippen LogP contribution in [0.25, 0.3) is 28.0 Å². The second-order valence-corrected chi connectivity index (χ2v) is 8.31. The van der Waals surface area contributed by atoms with Crippen molar-refractivity contribution in [3.8, 4) is 16.9 Å². The minimum atomic E-state index is -3.65. The Morgan fingerprint density at radius 3 is 2.44 bits per heavy atom. The van der Waals surface area contributed by atoms with Crippen molar-refractivity contribution in [2.75, 3.05) is 12.0 Å². The Kier molecular flexibility index (Phi) is 4.09. The number of halogens is 1. The summed E-state index contributed by atoms with van der Waals surface area (Å²) >= 11 is 6.10. The summed E-state index contributed by atoms with van der Waals surface area (Å²) < 4.78 is 25.7. The Morgan fingerprint density at radius 2 is 1.78 bits per heavy atom. The molecule has 2 N–H and O–H groups in total. The van der Waals surface area contributed by atoms with Crippen LogP contribution in [0.4, 0.5) is 5.82 Å². The maximum Gasteiger partial charge on any atom is 0.249 e. The molecule has 0 unspecified atom stereocenters. The Hall–Kier alpha value is -2.97. The lowest BCUT2D eigenvalue weighted by atomic mass is 10.1. The van der Waals surface area contributed by atoms with Gasteiger partial charge in [-0.1, -0.05) is 41.9 Å². The minimum absolute atomic E-state index is 0.196. The van der Waals surface area contributed by atoms with E-state index in [1.807, 2.05) is 30.3 Å². The largest absolute Gasteiger partial charge is 0.383 e. The molecule has 0 saturated carbocycles. The number of benzene rings is 2. The highest BCUT2D eigenvalue weighted by molar-refractivity contribution is 7.90. The molecule has 9 heteroatoms. The number of nitrogen functional groups attached to an aromatic ring is 1. The fraction of sp³-hybridized carbons (Fsp3) is 0.0556. The third-order valence-corrected chi connectivity index (χ3v) is 5.06. The summed E-state index contributed by atoms with van der Waals surface area (Å²) in [4.78, 5) is 8.38. The number of aromatic nitrogens is 4. The third-order valence-electron chi connectivity index (χ3n) is 3.98. The van der Waals surface area contributed by atoms with Crippen molar-refractivity contribution in [1.82, 2.24) is 19.7 Å². The van der Waals surface area contributed by atoms with Gasteiger partial charge in [-0.3, -0.25) is 0 Å². The van der Waals surface area contributed by atoms with Gasteiger partial charge in [-0.25, -0.2) is 18.1 Å². The summed E-state index contributed by atoms with van der Waals surface area (Å²) in [6.45, 7) is 0. The molecule has 0 aliphatic rings. The van der Waals surface area contributed by atoms with Crippen LogP contribution in [0.2, 0.25) is 5.02 Å². The summed E-state index contributed by atoms with van der Waals surface area (Å²) in [5.41, 5.74) is 8.26. The van der Waals surface area contributed by atoms with Gasteiger partial charge in [-0.15, -0.1) is 5.10 Å². The van der Waals surface area contributed by atoms with Crippen LogP contribution in [0.15, 0.2) is 59.8 Å². The molecule has 0 aliphatic carbocycles. The molecule has 0 aliphatic heterocycles. The predicted molar refractivity (Wildman–Crippen MR) is 105 cm³/mol. The molecule has 0 spiro atoms. The quantitative estimate of drug-likeness (QED) is 0.531. The lowest BCUT2D eigenvalue weighted by Gasteiger charge is -2.06. The van der Waals surface area contributed by atoms with E-state index >= 15 is 0 Å². The van der Waals surface area contributed by atoms with Gasteiger partial charge in [0.25, 0.3) is 0 Å². The van der Waals surface area contributed by atoms with Crippen LogP contribution >= 0.6 is 11.6 Å². The standard InChI is InChI=1S/C18H14ClN5O2S/c1-27(25,26)18-21-15(11-6-5-7-12(19)10-11)14-16(20)24(23-17(14)22-18)13-8-3-2-4-9-13/h2-10H,20H2,1H3. The zero-order chi connectivity index (χ0) is 19.2. The molecule has 0 saturated heterocycles. The van der Waals surface area contributed by atoms with Crippen molar-refractivity contribution in [3.63, 3.8) is 0 Å². The van der Waals surface area contributed by atoms with E-state index in [1.165, 1.54) is 4.68 Å². The van der Waals surface area contributed by atoms with E-state index in [0.717, 1.165) is 11.9 Å². The van der Waals surface area contributed by atoms with Gasteiger partial charge in [0, 0.05) is 16.8 Å². The first-order valence-electron chi connectivity index (χ1n) is 7.92. The van der Waals surface area contributed by atoms with Crippen LogP contribution in [0, 0.1) is 0 Å². The van der Waals surface area contributed by atoms with Gasteiger partial charge >= 0.3 is 0 Å². The first-order valence-corrected chi connectivity index (χ1v) is 10.2. The SMILES string of the molecule is CS(=O)(=O)c1nc(-c2cccc(Cl)c2)c2c(N)n(-c3ccccc3)nc2n1. The lowest BCUT2D eigenvalue weighted by Crippen LogP contribution is -2.05. The fourth-order valence-electron chi connectivity index (χ4n) is 2.77. The van der Waals surface area contributed by atoms with E-state index in [9.17, 15) is 8.42 Å². The van der Waals surface area contributed by atoms with Crippen molar-refractivity contribution in [1.29, 1.82) is 0 Å². The van der Waals surface area contributed by atoms with Gasteiger partial charge in [0.15, 0.2) is 5.65 Å². The van der Waals surface area contributed by atoms with Crippen LogP contribution in [0.5, 0.6) is 0 Å². The molecule has 0 amide bonds. The molecule has 7 nitrogen and oxygen atoms in total. The van der Waals surface area contributed by atoms with E-state index in [-0.39, 0.29) is 10.8 Å². The fourth-order valence-corrected chi connectivity index (χ4v) is 3.47. The minimum Gasteiger partial charge on any atom is -0.383 e. The van der Waals surface area contributed by atoms with Gasteiger partial charge in [-0.2, -0.15) is 4.98 Å². The normalized spacial score (nSPS) is 11.8. The smallest absolute Gasteiger partial charge is 0.249 e. The van der Waals surface area contributed by atoms with Gasteiger partial charge in [0.1, 0.15) is 5.82 Å². The molecule has 0 bridgehead atoms. The van der Waals surface area contributed by atoms with Crippen molar-refractivity contribution in [3.05, 3.63) is 59.6 Å². The van der Waals surface area contributed by atoms with Gasteiger partial charge in [0.2, 0.25) is 15.0 Å². The van der Waals surface area contributed by atoms with Crippen LogP contribution in [-0.4, -0.2) is 34.4 Å². The monoisotopic (exact) mass is 399 g/mol. The average Bonchev–Trinajstić information content (AvgIpc) is 2.98. The van der Waals surface area contributed by atoms with Gasteiger partial charge < -0.3 is 5.73 Å². The molecule has 0 radical (unpaired) electrons. The zero-order valence-corrected chi connectivity index (χ0v) is 15.7. The molecular weight excluding hydrogens is 386 g/mol. The van der Waals surface area contributed by atoms with E-state index in [0.29, 0.717) is 27.5 Å². The molecule has 2 aromatic carbocycles. The van der Waals surface area contributed by atoms with E-state index in [1.54, 1.807) is 24.3 Å². The highest BCUT2D eigenvalue weighted by atomic mass is 35.5. The first-order chi connectivity index (χ1) is 12.8. The third kappa shape index (κ3) is 3.13. The topological polar surface area (TPSA) is 104 Å². The number of nitrogens with zero attached hydrogens (tertiary/aromatic N) is 4. The van der Waals surface area contributed by atoms with E-state index in [2.05, 4.69) is 15.1 Å². The maximum atomic E-state index is 12.1. The Labute approximate surface area is 160 Å². The number of fused-ring (bicyclic) bond motifs is 1. The highest BCUT2D eigenvalue weighted by Crippen LogP contribution is 2.33. The Balaban J connectivity index is 2.10. The van der Waals surface area contributed by atoms with Crippen LogP contribution in [-0.2, 0) is 9.84 Å². The van der Waals surface area contributed by atoms with Gasteiger partial charge in [0.05, 0.1) is 16.8 Å². The molecule has 0 atom stereocenters. The molecule has 136 valence electrons. The Bertz CT molecular complexity index is 1270. The van der Waals surface area contributed by atoms with Crippen molar-refractivity contribution in [2.45, 2.75) is 5.16 Å². The van der Waals surface area contributed by atoms with E-state index < -0.39 is 9.84 Å². The second kappa shape index (κ2) is 6.33. The van der Waals surface area contributed by atoms with E-state index in [4.69, 9.17) is 17.3 Å². The molecule has 2 heterocycles.